The number of nitrogen functional groups attached to an aromatic ring is 1. The Labute approximate surface area is 92.1 Å². The van der Waals surface area contributed by atoms with E-state index in [1.54, 1.807) is 12.3 Å². The molecular formula is C12H12FN3. The third kappa shape index (κ3) is 2.42. The summed E-state index contributed by atoms with van der Waals surface area (Å²) in [6, 6.07) is 12.6. The van der Waals surface area contributed by atoms with E-state index >= 15 is 0 Å². The van der Waals surface area contributed by atoms with Crippen molar-refractivity contribution in [1.82, 2.24) is 9.97 Å². The minimum absolute atomic E-state index is 0.277. The molecule has 0 bridgehead atoms. The summed E-state index contributed by atoms with van der Waals surface area (Å²) in [7, 11) is 0. The molecule has 0 radical (unpaired) electrons. The van der Waals surface area contributed by atoms with Crippen molar-refractivity contribution in [2.24, 2.45) is 0 Å². The van der Waals surface area contributed by atoms with Gasteiger partial charge in [0.15, 0.2) is 5.95 Å². The lowest BCUT2D eigenvalue weighted by atomic mass is 10.3. The van der Waals surface area contributed by atoms with Crippen LogP contribution in [0, 0.1) is 5.95 Å². The van der Waals surface area contributed by atoms with Gasteiger partial charge in [-0.1, -0.05) is 18.2 Å². The summed E-state index contributed by atoms with van der Waals surface area (Å²) in [5.41, 5.74) is 6.07. The zero-order chi connectivity index (χ0) is 11.4. The fourth-order valence-electron chi connectivity index (χ4n) is 1.38. The fourth-order valence-corrected chi connectivity index (χ4v) is 1.38. The number of para-hydroxylation sites is 1. The zero-order valence-electron chi connectivity index (χ0n) is 8.57. The van der Waals surface area contributed by atoms with E-state index in [4.69, 9.17) is 5.73 Å². The molecule has 3 rings (SSSR count). The van der Waals surface area contributed by atoms with Crippen molar-refractivity contribution in [2.45, 2.75) is 0 Å². The molecule has 1 aromatic carbocycles. The largest absolute Gasteiger partial charge is 0.385 e. The molecule has 16 heavy (non-hydrogen) atoms. The number of nitrogens with two attached hydrogens (primary N) is 1. The quantitative estimate of drug-likeness (QED) is 0.532. The van der Waals surface area contributed by atoms with Gasteiger partial charge < -0.3 is 15.7 Å². The summed E-state index contributed by atoms with van der Waals surface area (Å²) < 4.78 is 12.5. The molecule has 0 aliphatic carbocycles. The van der Waals surface area contributed by atoms with Gasteiger partial charge in [-0.25, -0.2) is 0 Å². The molecule has 0 unspecified atom stereocenters. The maximum absolute atomic E-state index is 12.5. The van der Waals surface area contributed by atoms with Crippen molar-refractivity contribution < 1.29 is 4.39 Å². The van der Waals surface area contributed by atoms with Crippen molar-refractivity contribution in [3.8, 4) is 0 Å². The summed E-state index contributed by atoms with van der Waals surface area (Å²) in [5.74, 6) is 0.441. The summed E-state index contributed by atoms with van der Waals surface area (Å²) in [4.78, 5) is 5.37. The Morgan fingerprint density at radius 3 is 2.44 bits per heavy atom. The van der Waals surface area contributed by atoms with E-state index in [0.29, 0.717) is 0 Å². The number of H-pyrrole nitrogens is 2. The van der Waals surface area contributed by atoms with Gasteiger partial charge >= 0.3 is 0 Å². The molecule has 2 heterocycles. The van der Waals surface area contributed by atoms with Crippen molar-refractivity contribution in [1.29, 1.82) is 0 Å². The smallest absolute Gasteiger partial charge is 0.192 e. The first kappa shape index (κ1) is 10.3. The van der Waals surface area contributed by atoms with E-state index in [-0.39, 0.29) is 5.95 Å². The van der Waals surface area contributed by atoms with Crippen LogP contribution in [0.2, 0.25) is 0 Å². The Bertz CT molecular complexity index is 521. The lowest BCUT2D eigenvalue weighted by Crippen LogP contribution is -1.79. The predicted molar refractivity (Wildman–Crippen MR) is 63.5 cm³/mol. The standard InChI is InChI=1S/C8H6FN.C4H6N2/c9-8-5-6-3-1-2-4-7(6)10-8;5-4-2-1-3-6-4/h1-5,10H;1-3,6H,5H2. The molecule has 0 aliphatic rings. The fraction of sp³-hybridized carbons (Fsp3) is 0. The van der Waals surface area contributed by atoms with Crippen molar-refractivity contribution in [2.75, 3.05) is 5.73 Å². The van der Waals surface area contributed by atoms with Crippen LogP contribution in [0.15, 0.2) is 48.7 Å². The van der Waals surface area contributed by atoms with Gasteiger partial charge in [-0.05, 0) is 18.2 Å². The number of nitrogens with one attached hydrogen (secondary N) is 2. The number of hydrogen-bond donors (Lipinski definition) is 3. The van der Waals surface area contributed by atoms with Crippen molar-refractivity contribution in [3.05, 3.63) is 54.6 Å². The van der Waals surface area contributed by atoms with Crippen LogP contribution in [0.25, 0.3) is 10.9 Å². The Morgan fingerprint density at radius 1 is 1.06 bits per heavy atom. The van der Waals surface area contributed by atoms with Crippen molar-refractivity contribution in [3.63, 3.8) is 0 Å². The highest BCUT2D eigenvalue weighted by Gasteiger charge is 1.95. The lowest BCUT2D eigenvalue weighted by molar-refractivity contribution is 0.595. The second-order valence-electron chi connectivity index (χ2n) is 3.33. The number of anilines is 1. The molecule has 4 heteroatoms. The van der Waals surface area contributed by atoms with Crippen LogP contribution in [-0.4, -0.2) is 9.97 Å². The van der Waals surface area contributed by atoms with Crippen LogP contribution >= 0.6 is 0 Å². The Balaban J connectivity index is 0.000000138. The Morgan fingerprint density at radius 2 is 1.88 bits per heavy atom. The highest BCUT2D eigenvalue weighted by atomic mass is 19.1. The number of rotatable bonds is 0. The third-order valence-corrected chi connectivity index (χ3v) is 2.12. The summed E-state index contributed by atoms with van der Waals surface area (Å²) in [6.45, 7) is 0. The molecule has 3 aromatic rings. The number of aromatic nitrogens is 2. The highest BCUT2D eigenvalue weighted by molar-refractivity contribution is 5.79. The molecule has 0 spiro atoms. The molecule has 0 atom stereocenters. The van der Waals surface area contributed by atoms with Gasteiger partial charge in [0, 0.05) is 23.2 Å². The lowest BCUT2D eigenvalue weighted by Gasteiger charge is -1.82. The maximum Gasteiger partial charge on any atom is 0.192 e. The average molecular weight is 217 g/mol. The van der Waals surface area contributed by atoms with E-state index in [2.05, 4.69) is 9.97 Å². The molecule has 0 amide bonds. The molecule has 2 aromatic heterocycles. The van der Waals surface area contributed by atoms with Gasteiger partial charge in [0.25, 0.3) is 0 Å². The van der Waals surface area contributed by atoms with E-state index in [0.717, 1.165) is 16.7 Å². The zero-order valence-corrected chi connectivity index (χ0v) is 8.57. The second-order valence-corrected chi connectivity index (χ2v) is 3.33. The van der Waals surface area contributed by atoms with Crippen LogP contribution in [0.5, 0.6) is 0 Å². The van der Waals surface area contributed by atoms with Crippen LogP contribution in [0.1, 0.15) is 0 Å². The predicted octanol–water partition coefficient (Wildman–Crippen LogP) is 2.90. The average Bonchev–Trinajstić information content (AvgIpc) is 2.86. The van der Waals surface area contributed by atoms with Gasteiger partial charge in [-0.15, -0.1) is 0 Å². The Hall–Kier alpha value is -2.23. The first-order valence-electron chi connectivity index (χ1n) is 4.88. The molecule has 82 valence electrons. The van der Waals surface area contributed by atoms with Crippen LogP contribution in [0.3, 0.4) is 0 Å². The van der Waals surface area contributed by atoms with Gasteiger partial charge in [-0.3, -0.25) is 0 Å². The third-order valence-electron chi connectivity index (χ3n) is 2.12. The van der Waals surface area contributed by atoms with Gasteiger partial charge in [0.2, 0.25) is 0 Å². The van der Waals surface area contributed by atoms with Gasteiger partial charge in [0.05, 0.1) is 0 Å². The van der Waals surface area contributed by atoms with E-state index in [1.165, 1.54) is 6.07 Å². The molecule has 0 saturated carbocycles. The minimum Gasteiger partial charge on any atom is -0.385 e. The van der Waals surface area contributed by atoms with E-state index in [9.17, 15) is 4.39 Å². The summed E-state index contributed by atoms with van der Waals surface area (Å²) in [6.07, 6.45) is 1.79. The normalized spacial score (nSPS) is 9.81. The highest BCUT2D eigenvalue weighted by Crippen LogP contribution is 2.12. The number of benzene rings is 1. The Kier molecular flexibility index (Phi) is 2.91. The van der Waals surface area contributed by atoms with Crippen molar-refractivity contribution >= 4 is 16.7 Å². The topological polar surface area (TPSA) is 57.6 Å². The molecular weight excluding hydrogens is 205 g/mol. The first-order chi connectivity index (χ1) is 7.75. The number of fused-ring (bicyclic) bond motifs is 1. The minimum atomic E-state index is -0.277. The first-order valence-corrected chi connectivity index (χ1v) is 4.88. The molecule has 0 saturated heterocycles. The van der Waals surface area contributed by atoms with E-state index in [1.807, 2.05) is 30.3 Å². The molecule has 3 nitrogen and oxygen atoms in total. The SMILES string of the molecule is Fc1cc2ccccc2[nH]1.Nc1ccc[nH]1. The number of aromatic amines is 2. The summed E-state index contributed by atoms with van der Waals surface area (Å²) in [5, 5.41) is 0.917. The van der Waals surface area contributed by atoms with E-state index < -0.39 is 0 Å². The molecule has 4 N–H and O–H groups in total. The monoisotopic (exact) mass is 217 g/mol. The number of hydrogen-bond acceptors (Lipinski definition) is 1. The number of halogens is 1. The van der Waals surface area contributed by atoms with Crippen LogP contribution < -0.4 is 5.73 Å². The van der Waals surface area contributed by atoms with Gasteiger partial charge in [0.1, 0.15) is 5.82 Å². The van der Waals surface area contributed by atoms with Gasteiger partial charge in [-0.2, -0.15) is 4.39 Å². The second kappa shape index (κ2) is 4.53. The van der Waals surface area contributed by atoms with Crippen LogP contribution in [0.4, 0.5) is 10.2 Å². The molecule has 0 aliphatic heterocycles. The summed E-state index contributed by atoms with van der Waals surface area (Å²) >= 11 is 0. The van der Waals surface area contributed by atoms with Crippen LogP contribution in [-0.2, 0) is 0 Å². The maximum atomic E-state index is 12.5. The molecule has 0 fully saturated rings.